The van der Waals surface area contributed by atoms with E-state index in [1.807, 2.05) is 17.8 Å². The van der Waals surface area contributed by atoms with E-state index >= 15 is 0 Å². The first-order chi connectivity index (χ1) is 8.84. The normalized spacial score (nSPS) is 18.5. The van der Waals surface area contributed by atoms with Crippen LogP contribution in [0.4, 0.5) is 0 Å². The molecule has 1 aliphatic carbocycles. The van der Waals surface area contributed by atoms with E-state index in [-0.39, 0.29) is 6.10 Å². The number of thiophene rings is 1. The van der Waals surface area contributed by atoms with Crippen molar-refractivity contribution in [2.75, 3.05) is 5.75 Å². The fraction of sp³-hybridized carbons (Fsp3) is 0.467. The lowest BCUT2D eigenvalue weighted by Crippen LogP contribution is -2.05. The molecule has 0 bridgehead atoms. The average molecular weight is 278 g/mol. The molecular formula is C15H18OS2. The van der Waals surface area contributed by atoms with Crippen LogP contribution in [0.25, 0.3) is 10.1 Å². The van der Waals surface area contributed by atoms with Gasteiger partial charge in [-0.1, -0.05) is 31.0 Å². The predicted octanol–water partition coefficient (Wildman–Crippen LogP) is 4.61. The fourth-order valence-corrected chi connectivity index (χ4v) is 4.91. The second-order valence-corrected chi connectivity index (χ2v) is 7.19. The number of thioether (sulfide) groups is 1. The lowest BCUT2D eigenvalue weighted by Gasteiger charge is -2.14. The van der Waals surface area contributed by atoms with Crippen LogP contribution in [-0.2, 0) is 0 Å². The van der Waals surface area contributed by atoms with Gasteiger partial charge in [0.05, 0.1) is 6.10 Å². The van der Waals surface area contributed by atoms with Gasteiger partial charge in [0.25, 0.3) is 0 Å². The Hall–Kier alpha value is -0.510. The van der Waals surface area contributed by atoms with Crippen molar-refractivity contribution in [1.82, 2.24) is 0 Å². The minimum atomic E-state index is -0.321. The van der Waals surface area contributed by atoms with E-state index in [0.29, 0.717) is 0 Å². The molecule has 96 valence electrons. The predicted molar refractivity (Wildman–Crippen MR) is 81.5 cm³/mol. The van der Waals surface area contributed by atoms with Crippen molar-refractivity contribution in [3.8, 4) is 0 Å². The first kappa shape index (κ1) is 12.5. The molecule has 0 spiro atoms. The summed E-state index contributed by atoms with van der Waals surface area (Å²) in [5.74, 6) is 0.835. The molecule has 3 rings (SSSR count). The van der Waals surface area contributed by atoms with Crippen molar-refractivity contribution in [3.63, 3.8) is 0 Å². The Balaban J connectivity index is 1.71. The first-order valence-electron chi connectivity index (χ1n) is 6.60. The van der Waals surface area contributed by atoms with Crippen LogP contribution in [0, 0.1) is 0 Å². The van der Waals surface area contributed by atoms with E-state index in [9.17, 15) is 5.11 Å². The zero-order chi connectivity index (χ0) is 12.4. The highest BCUT2D eigenvalue weighted by Gasteiger charge is 2.18. The summed E-state index contributed by atoms with van der Waals surface area (Å²) in [6.45, 7) is 0. The molecule has 0 saturated heterocycles. The van der Waals surface area contributed by atoms with Gasteiger partial charge in [0.1, 0.15) is 0 Å². The third kappa shape index (κ3) is 2.58. The van der Waals surface area contributed by atoms with Crippen molar-refractivity contribution >= 4 is 33.2 Å². The van der Waals surface area contributed by atoms with Crippen molar-refractivity contribution in [2.45, 2.75) is 37.0 Å². The van der Waals surface area contributed by atoms with Crippen LogP contribution < -0.4 is 0 Å². The Morgan fingerprint density at radius 2 is 2.11 bits per heavy atom. The molecule has 1 nitrogen and oxygen atoms in total. The zero-order valence-corrected chi connectivity index (χ0v) is 12.0. The van der Waals surface area contributed by atoms with E-state index < -0.39 is 0 Å². The topological polar surface area (TPSA) is 20.2 Å². The summed E-state index contributed by atoms with van der Waals surface area (Å²) in [4.78, 5) is 0. The Bertz CT molecular complexity index is 514. The van der Waals surface area contributed by atoms with E-state index in [0.717, 1.165) is 16.6 Å². The van der Waals surface area contributed by atoms with E-state index in [2.05, 4.69) is 23.6 Å². The van der Waals surface area contributed by atoms with Gasteiger partial charge in [-0.05, 0) is 35.2 Å². The molecule has 2 aromatic rings. The summed E-state index contributed by atoms with van der Waals surface area (Å²) in [6, 6.07) is 8.36. The Labute approximate surface area is 116 Å². The third-order valence-electron chi connectivity index (χ3n) is 3.66. The average Bonchev–Trinajstić information content (AvgIpc) is 3.05. The zero-order valence-electron chi connectivity index (χ0n) is 10.3. The smallest absolute Gasteiger partial charge is 0.0894 e. The molecule has 0 radical (unpaired) electrons. The van der Waals surface area contributed by atoms with Crippen LogP contribution in [-0.4, -0.2) is 16.1 Å². The van der Waals surface area contributed by atoms with Crippen LogP contribution in [0.3, 0.4) is 0 Å². The second-order valence-electron chi connectivity index (χ2n) is 4.94. The molecule has 1 atom stereocenters. The standard InChI is InChI=1S/C15H18OS2/c16-14(10-18-12-5-1-2-6-12)13-7-3-4-11-8-9-17-15(11)13/h3-4,7-9,12,14,16H,1-2,5-6,10H2. The van der Waals surface area contributed by atoms with Crippen molar-refractivity contribution in [1.29, 1.82) is 0 Å². The summed E-state index contributed by atoms with van der Waals surface area (Å²) in [6.07, 6.45) is 5.09. The van der Waals surface area contributed by atoms with Crippen molar-refractivity contribution < 1.29 is 5.11 Å². The summed E-state index contributed by atoms with van der Waals surface area (Å²) in [5, 5.41) is 14.5. The number of benzene rings is 1. The minimum absolute atomic E-state index is 0.321. The van der Waals surface area contributed by atoms with Gasteiger partial charge in [-0.3, -0.25) is 0 Å². The van der Waals surface area contributed by atoms with Crippen LogP contribution >= 0.6 is 23.1 Å². The Morgan fingerprint density at radius 3 is 2.94 bits per heavy atom. The number of aliphatic hydroxyl groups excluding tert-OH is 1. The van der Waals surface area contributed by atoms with Gasteiger partial charge < -0.3 is 5.11 Å². The molecule has 0 amide bonds. The Kier molecular flexibility index (Phi) is 3.92. The Morgan fingerprint density at radius 1 is 1.28 bits per heavy atom. The number of hydrogen-bond donors (Lipinski definition) is 1. The third-order valence-corrected chi connectivity index (χ3v) is 6.09. The van der Waals surface area contributed by atoms with Crippen LogP contribution in [0.15, 0.2) is 29.6 Å². The molecule has 1 aromatic carbocycles. The summed E-state index contributed by atoms with van der Waals surface area (Å²) >= 11 is 3.68. The lowest BCUT2D eigenvalue weighted by atomic mass is 10.1. The maximum Gasteiger partial charge on any atom is 0.0894 e. The molecule has 1 fully saturated rings. The molecule has 1 saturated carbocycles. The minimum Gasteiger partial charge on any atom is -0.387 e. The van der Waals surface area contributed by atoms with Gasteiger partial charge >= 0.3 is 0 Å². The van der Waals surface area contributed by atoms with Crippen LogP contribution in [0.5, 0.6) is 0 Å². The van der Waals surface area contributed by atoms with E-state index in [1.54, 1.807) is 11.3 Å². The molecule has 1 heterocycles. The molecule has 3 heteroatoms. The van der Waals surface area contributed by atoms with Crippen molar-refractivity contribution in [2.24, 2.45) is 0 Å². The summed E-state index contributed by atoms with van der Waals surface area (Å²) < 4.78 is 1.25. The van der Waals surface area contributed by atoms with Gasteiger partial charge in [0, 0.05) is 15.7 Å². The highest BCUT2D eigenvalue weighted by Crippen LogP contribution is 2.34. The monoisotopic (exact) mass is 278 g/mol. The highest BCUT2D eigenvalue weighted by atomic mass is 32.2. The van der Waals surface area contributed by atoms with E-state index in [4.69, 9.17) is 0 Å². The van der Waals surface area contributed by atoms with Gasteiger partial charge in [-0.25, -0.2) is 0 Å². The summed E-state index contributed by atoms with van der Waals surface area (Å²) in [7, 11) is 0. The van der Waals surface area contributed by atoms with Crippen LogP contribution in [0.1, 0.15) is 37.4 Å². The maximum absolute atomic E-state index is 10.4. The van der Waals surface area contributed by atoms with Crippen molar-refractivity contribution in [3.05, 3.63) is 35.2 Å². The quantitative estimate of drug-likeness (QED) is 0.881. The lowest BCUT2D eigenvalue weighted by molar-refractivity contribution is 0.205. The molecule has 1 aromatic heterocycles. The molecule has 0 aliphatic heterocycles. The fourth-order valence-electron chi connectivity index (χ4n) is 2.65. The van der Waals surface area contributed by atoms with Gasteiger partial charge in [-0.15, -0.1) is 11.3 Å². The first-order valence-corrected chi connectivity index (χ1v) is 8.53. The second kappa shape index (κ2) is 5.64. The van der Waals surface area contributed by atoms with Gasteiger partial charge in [0.2, 0.25) is 0 Å². The number of aliphatic hydroxyl groups is 1. The number of hydrogen-bond acceptors (Lipinski definition) is 3. The SMILES string of the molecule is OC(CSC1CCCC1)c1cccc2ccsc12. The molecule has 1 unspecified atom stereocenters. The van der Waals surface area contributed by atoms with Gasteiger partial charge in [0.15, 0.2) is 0 Å². The molecular weight excluding hydrogens is 260 g/mol. The summed E-state index contributed by atoms with van der Waals surface area (Å²) in [5.41, 5.74) is 1.10. The van der Waals surface area contributed by atoms with Gasteiger partial charge in [-0.2, -0.15) is 11.8 Å². The highest BCUT2D eigenvalue weighted by molar-refractivity contribution is 7.99. The number of fused-ring (bicyclic) bond motifs is 1. The van der Waals surface area contributed by atoms with Crippen LogP contribution in [0.2, 0.25) is 0 Å². The molecule has 1 N–H and O–H groups in total. The maximum atomic E-state index is 10.4. The molecule has 18 heavy (non-hydrogen) atoms. The van der Waals surface area contributed by atoms with E-state index in [1.165, 1.54) is 35.8 Å². The number of rotatable bonds is 4. The molecule has 1 aliphatic rings. The largest absolute Gasteiger partial charge is 0.387 e.